The van der Waals surface area contributed by atoms with Gasteiger partial charge in [0.05, 0.1) is 0 Å². The molecule has 1 rings (SSSR count). The van der Waals surface area contributed by atoms with Gasteiger partial charge in [-0.25, -0.2) is 4.39 Å². The maximum atomic E-state index is 13.4. The molecule has 0 fully saturated rings. The molecule has 1 atom stereocenters. The third-order valence-corrected chi connectivity index (χ3v) is 3.54. The molecule has 0 saturated heterocycles. The summed E-state index contributed by atoms with van der Waals surface area (Å²) in [6.45, 7) is 8.09. The zero-order chi connectivity index (χ0) is 14.3. The van der Waals surface area contributed by atoms with Gasteiger partial charge in [-0.2, -0.15) is 0 Å². The molecule has 0 radical (unpaired) electrons. The fourth-order valence-corrected chi connectivity index (χ4v) is 2.50. The van der Waals surface area contributed by atoms with E-state index in [0.29, 0.717) is 12.6 Å². The second kappa shape index (κ2) is 8.28. The summed E-state index contributed by atoms with van der Waals surface area (Å²) in [4.78, 5) is 2.38. The highest BCUT2D eigenvalue weighted by Crippen LogP contribution is 2.23. The lowest BCUT2D eigenvalue weighted by molar-refractivity contribution is 0.153. The Balaban J connectivity index is 2.83. The van der Waals surface area contributed by atoms with Crippen LogP contribution < -0.4 is 5.73 Å². The molecule has 0 aliphatic heterocycles. The van der Waals surface area contributed by atoms with Gasteiger partial charge in [-0.05, 0) is 44.5 Å². The minimum atomic E-state index is -0.187. The van der Waals surface area contributed by atoms with E-state index in [9.17, 15) is 4.39 Å². The fourth-order valence-electron chi connectivity index (χ4n) is 2.50. The molecule has 1 aromatic carbocycles. The molecule has 2 N–H and O–H groups in total. The van der Waals surface area contributed by atoms with Crippen LogP contribution in [0.3, 0.4) is 0 Å². The van der Waals surface area contributed by atoms with Gasteiger partial charge in [0, 0.05) is 18.6 Å². The van der Waals surface area contributed by atoms with Gasteiger partial charge in [-0.15, -0.1) is 0 Å². The zero-order valence-corrected chi connectivity index (χ0v) is 12.4. The number of halogens is 1. The molecule has 19 heavy (non-hydrogen) atoms. The highest BCUT2D eigenvalue weighted by atomic mass is 19.1. The summed E-state index contributed by atoms with van der Waals surface area (Å²) in [6, 6.07) is 7.33. The van der Waals surface area contributed by atoms with Gasteiger partial charge in [0.1, 0.15) is 5.82 Å². The number of unbranched alkanes of at least 4 members (excludes halogenated alkanes) is 2. The number of rotatable bonds is 8. The van der Waals surface area contributed by atoms with Crippen molar-refractivity contribution in [2.24, 2.45) is 5.73 Å². The summed E-state index contributed by atoms with van der Waals surface area (Å²) in [5, 5.41) is 0. The van der Waals surface area contributed by atoms with E-state index in [4.69, 9.17) is 5.73 Å². The first-order chi connectivity index (χ1) is 9.10. The Morgan fingerprint density at radius 2 is 2.00 bits per heavy atom. The van der Waals surface area contributed by atoms with E-state index in [2.05, 4.69) is 25.7 Å². The van der Waals surface area contributed by atoms with Crippen LogP contribution >= 0.6 is 0 Å². The highest BCUT2D eigenvalue weighted by molar-refractivity contribution is 5.20. The molecule has 0 aliphatic carbocycles. The average Bonchev–Trinajstić information content (AvgIpc) is 2.38. The van der Waals surface area contributed by atoms with Crippen molar-refractivity contribution in [2.45, 2.75) is 52.1 Å². The summed E-state index contributed by atoms with van der Waals surface area (Å²) < 4.78 is 13.4. The largest absolute Gasteiger partial charge is 0.329 e. The van der Waals surface area contributed by atoms with E-state index in [1.54, 1.807) is 12.1 Å². The molecule has 0 aromatic heterocycles. The topological polar surface area (TPSA) is 29.3 Å². The zero-order valence-electron chi connectivity index (χ0n) is 12.4. The lowest BCUT2D eigenvalue weighted by atomic mass is 10.0. The van der Waals surface area contributed by atoms with Crippen LogP contribution in [0.4, 0.5) is 4.39 Å². The smallest absolute Gasteiger partial charge is 0.123 e. The van der Waals surface area contributed by atoms with Gasteiger partial charge in [0.25, 0.3) is 0 Å². The van der Waals surface area contributed by atoms with Crippen LogP contribution in [-0.4, -0.2) is 24.0 Å². The molecule has 108 valence electrons. The molecule has 3 heteroatoms. The Kier molecular flexibility index (Phi) is 7.03. The molecule has 0 bridgehead atoms. The van der Waals surface area contributed by atoms with Crippen LogP contribution in [0.25, 0.3) is 0 Å². The minimum Gasteiger partial charge on any atom is -0.329 e. The van der Waals surface area contributed by atoms with Gasteiger partial charge in [-0.3, -0.25) is 4.90 Å². The lowest BCUT2D eigenvalue weighted by Crippen LogP contribution is -2.39. The first kappa shape index (κ1) is 16.1. The van der Waals surface area contributed by atoms with Crippen molar-refractivity contribution >= 4 is 0 Å². The normalized spacial score (nSPS) is 13.2. The summed E-state index contributed by atoms with van der Waals surface area (Å²) in [5.41, 5.74) is 6.91. The van der Waals surface area contributed by atoms with Crippen LogP contribution in [0, 0.1) is 5.82 Å². The van der Waals surface area contributed by atoms with Crippen LogP contribution in [-0.2, 0) is 0 Å². The van der Waals surface area contributed by atoms with Gasteiger partial charge < -0.3 is 5.73 Å². The van der Waals surface area contributed by atoms with Crippen molar-refractivity contribution < 1.29 is 4.39 Å². The maximum Gasteiger partial charge on any atom is 0.123 e. The third kappa shape index (κ3) is 4.92. The number of hydrogen-bond acceptors (Lipinski definition) is 2. The second-order valence-corrected chi connectivity index (χ2v) is 5.35. The van der Waals surface area contributed by atoms with Gasteiger partial charge >= 0.3 is 0 Å². The van der Waals surface area contributed by atoms with E-state index in [1.165, 1.54) is 25.3 Å². The number of benzene rings is 1. The standard InChI is InChI=1S/C16H27FN2/c1-4-5-6-10-19(13(2)3)16(12-18)14-8-7-9-15(17)11-14/h7-9,11,13,16H,4-6,10,12,18H2,1-3H3. The number of nitrogens with two attached hydrogens (primary N) is 1. The number of hydrogen-bond donors (Lipinski definition) is 1. The molecular weight excluding hydrogens is 239 g/mol. The van der Waals surface area contributed by atoms with Gasteiger partial charge in [0.15, 0.2) is 0 Å². The van der Waals surface area contributed by atoms with E-state index in [-0.39, 0.29) is 11.9 Å². The Morgan fingerprint density at radius 1 is 1.26 bits per heavy atom. The van der Waals surface area contributed by atoms with Crippen molar-refractivity contribution in [3.05, 3.63) is 35.6 Å². The number of nitrogens with zero attached hydrogens (tertiary/aromatic N) is 1. The van der Waals surface area contributed by atoms with Gasteiger partial charge in [0.2, 0.25) is 0 Å². The van der Waals surface area contributed by atoms with E-state index in [0.717, 1.165) is 12.1 Å². The summed E-state index contributed by atoms with van der Waals surface area (Å²) in [7, 11) is 0. The SMILES string of the molecule is CCCCCN(C(C)C)C(CN)c1cccc(F)c1. The van der Waals surface area contributed by atoms with Crippen molar-refractivity contribution in [1.82, 2.24) is 4.90 Å². The van der Waals surface area contributed by atoms with E-state index < -0.39 is 0 Å². The molecule has 0 aliphatic rings. The van der Waals surface area contributed by atoms with E-state index in [1.807, 2.05) is 6.07 Å². The van der Waals surface area contributed by atoms with Crippen molar-refractivity contribution in [3.63, 3.8) is 0 Å². The molecule has 0 heterocycles. The summed E-state index contributed by atoms with van der Waals surface area (Å²) in [6.07, 6.45) is 3.60. The van der Waals surface area contributed by atoms with Crippen LogP contribution in [0.2, 0.25) is 0 Å². The molecule has 0 amide bonds. The highest BCUT2D eigenvalue weighted by Gasteiger charge is 2.21. The Hall–Kier alpha value is -0.930. The Labute approximate surface area is 116 Å². The van der Waals surface area contributed by atoms with Crippen molar-refractivity contribution in [2.75, 3.05) is 13.1 Å². The minimum absolute atomic E-state index is 0.104. The molecule has 0 saturated carbocycles. The van der Waals surface area contributed by atoms with E-state index >= 15 is 0 Å². The average molecular weight is 266 g/mol. The monoisotopic (exact) mass is 266 g/mol. The predicted molar refractivity (Wildman–Crippen MR) is 79.6 cm³/mol. The van der Waals surface area contributed by atoms with Crippen LogP contribution in [0.15, 0.2) is 24.3 Å². The quantitative estimate of drug-likeness (QED) is 0.726. The Morgan fingerprint density at radius 3 is 2.53 bits per heavy atom. The van der Waals surface area contributed by atoms with Crippen LogP contribution in [0.5, 0.6) is 0 Å². The molecule has 2 nitrogen and oxygen atoms in total. The molecule has 0 spiro atoms. The maximum absolute atomic E-state index is 13.4. The second-order valence-electron chi connectivity index (χ2n) is 5.35. The van der Waals surface area contributed by atoms with Crippen molar-refractivity contribution in [1.29, 1.82) is 0 Å². The summed E-state index contributed by atoms with van der Waals surface area (Å²) in [5.74, 6) is -0.187. The summed E-state index contributed by atoms with van der Waals surface area (Å²) >= 11 is 0. The first-order valence-electron chi connectivity index (χ1n) is 7.31. The first-order valence-corrected chi connectivity index (χ1v) is 7.31. The van der Waals surface area contributed by atoms with Crippen LogP contribution in [0.1, 0.15) is 51.6 Å². The molecular formula is C16H27FN2. The van der Waals surface area contributed by atoms with Gasteiger partial charge in [-0.1, -0.05) is 31.9 Å². The Bertz CT molecular complexity index is 366. The fraction of sp³-hybridized carbons (Fsp3) is 0.625. The molecule has 1 aromatic rings. The lowest BCUT2D eigenvalue weighted by Gasteiger charge is -2.34. The third-order valence-electron chi connectivity index (χ3n) is 3.54. The predicted octanol–water partition coefficient (Wildman–Crippen LogP) is 3.73. The molecule has 1 unspecified atom stereocenters. The van der Waals surface area contributed by atoms with Crippen molar-refractivity contribution in [3.8, 4) is 0 Å².